The molecule has 0 radical (unpaired) electrons. The van der Waals surface area contributed by atoms with Gasteiger partial charge in [-0.2, -0.15) is 12.7 Å². The van der Waals surface area contributed by atoms with Gasteiger partial charge in [-0.3, -0.25) is 4.72 Å². The lowest BCUT2D eigenvalue weighted by molar-refractivity contribution is 0.289. The Morgan fingerprint density at radius 2 is 1.75 bits per heavy atom. The smallest absolute Gasteiger partial charge is 0.265 e. The summed E-state index contributed by atoms with van der Waals surface area (Å²) in [5.74, 6) is -1.45. The van der Waals surface area contributed by atoms with Crippen LogP contribution in [0.2, 0.25) is 0 Å². The van der Waals surface area contributed by atoms with Gasteiger partial charge in [0.05, 0.1) is 0 Å². The van der Waals surface area contributed by atoms with Crippen molar-refractivity contribution in [2.75, 3.05) is 17.8 Å². The number of anilines is 1. The van der Waals surface area contributed by atoms with Crippen molar-refractivity contribution >= 4 is 31.8 Å². The number of halogens is 3. The third-order valence-corrected chi connectivity index (χ3v) is 5.29. The van der Waals surface area contributed by atoms with Gasteiger partial charge >= 0.3 is 10.2 Å². The molecule has 0 aliphatic carbocycles. The van der Waals surface area contributed by atoms with Crippen LogP contribution in [0.5, 0.6) is 0 Å². The molecule has 0 spiro atoms. The molecule has 1 heterocycles. The fourth-order valence-electron chi connectivity index (χ4n) is 2.06. The predicted molar refractivity (Wildman–Crippen MR) is 76.6 cm³/mol. The highest BCUT2D eigenvalue weighted by Crippen LogP contribution is 2.26. The summed E-state index contributed by atoms with van der Waals surface area (Å²) >= 11 is 2.94. The molecule has 0 saturated carbocycles. The minimum Gasteiger partial charge on any atom is -0.265 e. The lowest BCUT2D eigenvalue weighted by atomic mass is 10.0. The first-order chi connectivity index (χ1) is 9.29. The van der Waals surface area contributed by atoms with E-state index < -0.39 is 27.5 Å². The summed E-state index contributed by atoms with van der Waals surface area (Å²) in [6.45, 7) is 2.76. The Morgan fingerprint density at radius 3 is 2.25 bits per heavy atom. The lowest BCUT2D eigenvalue weighted by Crippen LogP contribution is -2.41. The van der Waals surface area contributed by atoms with Crippen molar-refractivity contribution in [2.24, 2.45) is 5.92 Å². The van der Waals surface area contributed by atoms with Crippen molar-refractivity contribution in [2.45, 2.75) is 19.8 Å². The average molecular weight is 369 g/mol. The number of benzene rings is 1. The normalized spacial score (nSPS) is 18.2. The van der Waals surface area contributed by atoms with Gasteiger partial charge < -0.3 is 0 Å². The van der Waals surface area contributed by atoms with Gasteiger partial charge in [0, 0.05) is 17.6 Å². The predicted octanol–water partition coefficient (Wildman–Crippen LogP) is 3.12. The quantitative estimate of drug-likeness (QED) is 0.890. The maximum Gasteiger partial charge on any atom is 0.301 e. The van der Waals surface area contributed by atoms with E-state index in [1.165, 1.54) is 4.31 Å². The summed E-state index contributed by atoms with van der Waals surface area (Å²) in [6.07, 6.45) is 1.48. The summed E-state index contributed by atoms with van der Waals surface area (Å²) in [5, 5.41) is 0. The van der Waals surface area contributed by atoms with E-state index in [0.717, 1.165) is 25.0 Å². The SMILES string of the molecule is CC1CCN(S(=O)(=O)Nc2c(F)cc(Br)cc2F)CC1. The molecular formula is C12H15BrF2N2O2S. The number of hydrogen-bond donors (Lipinski definition) is 1. The number of nitrogens with zero attached hydrogens (tertiary/aromatic N) is 1. The van der Waals surface area contributed by atoms with Crippen LogP contribution in [0.3, 0.4) is 0 Å². The van der Waals surface area contributed by atoms with Crippen LogP contribution in [0.15, 0.2) is 16.6 Å². The first kappa shape index (κ1) is 15.7. The molecule has 1 aliphatic rings. The molecule has 20 heavy (non-hydrogen) atoms. The maximum atomic E-state index is 13.7. The molecule has 1 aromatic rings. The minimum absolute atomic E-state index is 0.210. The fraction of sp³-hybridized carbons (Fsp3) is 0.500. The van der Waals surface area contributed by atoms with Gasteiger partial charge in [0.1, 0.15) is 5.69 Å². The highest BCUT2D eigenvalue weighted by atomic mass is 79.9. The third kappa shape index (κ3) is 3.48. The van der Waals surface area contributed by atoms with E-state index in [2.05, 4.69) is 15.9 Å². The van der Waals surface area contributed by atoms with Crippen LogP contribution in [0.1, 0.15) is 19.8 Å². The van der Waals surface area contributed by atoms with Crippen molar-refractivity contribution in [1.29, 1.82) is 0 Å². The van der Waals surface area contributed by atoms with Crippen LogP contribution in [-0.2, 0) is 10.2 Å². The van der Waals surface area contributed by atoms with E-state index in [0.29, 0.717) is 19.0 Å². The molecule has 112 valence electrons. The number of piperidine rings is 1. The van der Waals surface area contributed by atoms with Gasteiger partial charge in [-0.05, 0) is 30.9 Å². The monoisotopic (exact) mass is 368 g/mol. The topological polar surface area (TPSA) is 49.4 Å². The Balaban J connectivity index is 2.21. The molecule has 0 bridgehead atoms. The zero-order valence-electron chi connectivity index (χ0n) is 10.9. The summed E-state index contributed by atoms with van der Waals surface area (Å²) in [6, 6.07) is 2.03. The van der Waals surface area contributed by atoms with Crippen LogP contribution >= 0.6 is 15.9 Å². The summed E-state index contributed by atoms with van der Waals surface area (Å²) in [5.41, 5.74) is -0.646. The molecule has 1 aromatic carbocycles. The molecule has 0 amide bonds. The van der Waals surface area contributed by atoms with Crippen LogP contribution < -0.4 is 4.72 Å². The second-order valence-electron chi connectivity index (χ2n) is 4.93. The minimum atomic E-state index is -3.93. The maximum absolute atomic E-state index is 13.7. The van der Waals surface area contributed by atoms with Crippen molar-refractivity contribution in [3.05, 3.63) is 28.2 Å². The Kier molecular flexibility index (Phi) is 4.66. The van der Waals surface area contributed by atoms with Gasteiger partial charge in [-0.1, -0.05) is 22.9 Å². The Bertz CT molecular complexity index is 578. The van der Waals surface area contributed by atoms with Crippen molar-refractivity contribution in [3.63, 3.8) is 0 Å². The molecule has 2 rings (SSSR count). The van der Waals surface area contributed by atoms with E-state index in [-0.39, 0.29) is 4.47 Å². The average Bonchev–Trinajstić information content (AvgIpc) is 2.34. The lowest BCUT2D eigenvalue weighted by Gasteiger charge is -2.29. The second-order valence-corrected chi connectivity index (χ2v) is 7.52. The Morgan fingerprint density at radius 1 is 1.25 bits per heavy atom. The zero-order chi connectivity index (χ0) is 14.9. The van der Waals surface area contributed by atoms with E-state index in [9.17, 15) is 17.2 Å². The van der Waals surface area contributed by atoms with Crippen LogP contribution in [0, 0.1) is 17.6 Å². The number of hydrogen-bond acceptors (Lipinski definition) is 2. The molecule has 0 aromatic heterocycles. The Hall–Kier alpha value is -0.730. The van der Waals surface area contributed by atoms with Gasteiger partial charge in [0.2, 0.25) is 0 Å². The van der Waals surface area contributed by atoms with E-state index in [1.807, 2.05) is 11.6 Å². The standard InChI is InChI=1S/C12H15BrF2N2O2S/c1-8-2-4-17(5-3-8)20(18,19)16-12-10(14)6-9(13)7-11(12)15/h6-8,16H,2-5H2,1H3. The summed E-state index contributed by atoms with van der Waals surface area (Å²) in [4.78, 5) is 0. The van der Waals surface area contributed by atoms with Crippen molar-refractivity contribution in [3.8, 4) is 0 Å². The van der Waals surface area contributed by atoms with E-state index in [1.54, 1.807) is 0 Å². The van der Waals surface area contributed by atoms with Gasteiger partial charge in [-0.15, -0.1) is 0 Å². The van der Waals surface area contributed by atoms with E-state index >= 15 is 0 Å². The highest BCUT2D eigenvalue weighted by molar-refractivity contribution is 9.10. The zero-order valence-corrected chi connectivity index (χ0v) is 13.3. The first-order valence-electron chi connectivity index (χ1n) is 6.22. The second kappa shape index (κ2) is 5.95. The first-order valence-corrected chi connectivity index (χ1v) is 8.45. The molecule has 0 unspecified atom stereocenters. The largest absolute Gasteiger partial charge is 0.301 e. The molecular weight excluding hydrogens is 354 g/mol. The molecule has 8 heteroatoms. The molecule has 1 N–H and O–H groups in total. The highest BCUT2D eigenvalue weighted by Gasteiger charge is 2.28. The Labute approximate surface area is 125 Å². The van der Waals surface area contributed by atoms with Crippen molar-refractivity contribution in [1.82, 2.24) is 4.31 Å². The van der Waals surface area contributed by atoms with Crippen LogP contribution in [0.25, 0.3) is 0 Å². The van der Waals surface area contributed by atoms with E-state index in [4.69, 9.17) is 0 Å². The molecule has 1 saturated heterocycles. The summed E-state index contributed by atoms with van der Waals surface area (Å²) in [7, 11) is -3.93. The molecule has 1 fully saturated rings. The summed E-state index contributed by atoms with van der Waals surface area (Å²) < 4.78 is 55.0. The van der Waals surface area contributed by atoms with Gasteiger partial charge in [0.25, 0.3) is 0 Å². The van der Waals surface area contributed by atoms with Crippen molar-refractivity contribution < 1.29 is 17.2 Å². The third-order valence-electron chi connectivity index (χ3n) is 3.32. The fourth-order valence-corrected chi connectivity index (χ4v) is 3.73. The van der Waals surface area contributed by atoms with Gasteiger partial charge in [0.15, 0.2) is 11.6 Å². The van der Waals surface area contributed by atoms with Gasteiger partial charge in [-0.25, -0.2) is 8.78 Å². The van der Waals surface area contributed by atoms with Crippen LogP contribution in [-0.4, -0.2) is 25.8 Å². The number of nitrogens with one attached hydrogen (secondary N) is 1. The molecule has 1 aliphatic heterocycles. The van der Waals surface area contributed by atoms with Crippen LogP contribution in [0.4, 0.5) is 14.5 Å². The number of rotatable bonds is 3. The molecule has 4 nitrogen and oxygen atoms in total. The molecule has 0 atom stereocenters.